The molecule has 1 aliphatic rings. The van der Waals surface area contributed by atoms with Gasteiger partial charge < -0.3 is 24.1 Å². The molecule has 2 rings (SSSR count). The predicted molar refractivity (Wildman–Crippen MR) is 86.8 cm³/mol. The van der Waals surface area contributed by atoms with Crippen LogP contribution in [-0.2, 0) is 25.6 Å². The Morgan fingerprint density at radius 2 is 1.91 bits per heavy atom. The summed E-state index contributed by atoms with van der Waals surface area (Å²) in [7, 11) is 0. The molecule has 3 atom stereocenters. The Bertz CT molecular complexity index is 446. The molecule has 0 spiro atoms. The third kappa shape index (κ3) is 6.57. The number of rotatable bonds is 9. The Morgan fingerprint density at radius 1 is 1.17 bits per heavy atom. The fourth-order valence-electron chi connectivity index (χ4n) is 2.53. The molecule has 0 amide bonds. The van der Waals surface area contributed by atoms with Gasteiger partial charge in [0.1, 0.15) is 6.10 Å². The highest BCUT2D eigenvalue weighted by Gasteiger charge is 2.41. The van der Waals surface area contributed by atoms with Crippen LogP contribution >= 0.6 is 0 Å². The Kier molecular flexibility index (Phi) is 6.99. The number of benzene rings is 1. The molecular weight excluding hydrogens is 296 g/mol. The zero-order valence-corrected chi connectivity index (χ0v) is 14.2. The van der Waals surface area contributed by atoms with Gasteiger partial charge in [-0.1, -0.05) is 30.3 Å². The van der Waals surface area contributed by atoms with Gasteiger partial charge in [0.2, 0.25) is 0 Å². The van der Waals surface area contributed by atoms with Crippen LogP contribution in [0.15, 0.2) is 30.3 Å². The van der Waals surface area contributed by atoms with Crippen molar-refractivity contribution >= 4 is 0 Å². The van der Waals surface area contributed by atoms with Gasteiger partial charge in [0.05, 0.1) is 25.9 Å². The van der Waals surface area contributed by atoms with E-state index in [1.807, 2.05) is 44.2 Å². The van der Waals surface area contributed by atoms with Crippen LogP contribution < -0.4 is 0 Å². The molecule has 1 aromatic carbocycles. The summed E-state index contributed by atoms with van der Waals surface area (Å²) in [5.74, 6) is -0.654. The van der Waals surface area contributed by atoms with E-state index in [1.165, 1.54) is 0 Å². The van der Waals surface area contributed by atoms with E-state index in [9.17, 15) is 5.11 Å². The Balaban J connectivity index is 1.68. The number of ether oxygens (including phenoxy) is 4. The van der Waals surface area contributed by atoms with E-state index in [2.05, 4.69) is 0 Å². The lowest BCUT2D eigenvalue weighted by Crippen LogP contribution is -2.28. The normalized spacial score (nSPS) is 24.7. The molecule has 1 aromatic rings. The molecule has 0 aliphatic carbocycles. The summed E-state index contributed by atoms with van der Waals surface area (Å²) in [4.78, 5) is 0. The molecule has 23 heavy (non-hydrogen) atoms. The van der Waals surface area contributed by atoms with E-state index >= 15 is 0 Å². The van der Waals surface area contributed by atoms with Crippen molar-refractivity contribution in [2.45, 2.75) is 64.5 Å². The van der Waals surface area contributed by atoms with Crippen LogP contribution in [0.2, 0.25) is 0 Å². The lowest BCUT2D eigenvalue weighted by molar-refractivity contribution is -0.193. The molecule has 1 unspecified atom stereocenters. The van der Waals surface area contributed by atoms with Crippen molar-refractivity contribution in [1.82, 2.24) is 0 Å². The number of hydrogen-bond acceptors (Lipinski definition) is 5. The van der Waals surface area contributed by atoms with Crippen molar-refractivity contribution in [2.24, 2.45) is 0 Å². The first-order chi connectivity index (χ1) is 11.0. The summed E-state index contributed by atoms with van der Waals surface area (Å²) in [5.41, 5.74) is 1.14. The molecule has 1 fully saturated rings. The number of hydrogen-bond donors (Lipinski definition) is 1. The van der Waals surface area contributed by atoms with Gasteiger partial charge in [0.15, 0.2) is 12.1 Å². The van der Waals surface area contributed by atoms with Crippen LogP contribution in [0.4, 0.5) is 0 Å². The van der Waals surface area contributed by atoms with Gasteiger partial charge in [-0.15, -0.1) is 0 Å². The molecule has 0 aromatic heterocycles. The van der Waals surface area contributed by atoms with E-state index in [-0.39, 0.29) is 12.2 Å². The first-order valence-electron chi connectivity index (χ1n) is 8.23. The highest BCUT2D eigenvalue weighted by molar-refractivity contribution is 5.13. The van der Waals surface area contributed by atoms with Crippen molar-refractivity contribution in [3.63, 3.8) is 0 Å². The third-order valence-corrected chi connectivity index (χ3v) is 3.63. The molecule has 1 heterocycles. The zero-order chi connectivity index (χ0) is 16.7. The maximum atomic E-state index is 9.43. The summed E-state index contributed by atoms with van der Waals surface area (Å²) < 4.78 is 23.0. The molecule has 5 nitrogen and oxygen atoms in total. The van der Waals surface area contributed by atoms with Crippen molar-refractivity contribution < 1.29 is 24.1 Å². The lowest BCUT2D eigenvalue weighted by atomic mass is 10.1. The van der Waals surface area contributed by atoms with E-state index in [1.54, 1.807) is 6.92 Å². The average molecular weight is 324 g/mol. The van der Waals surface area contributed by atoms with Crippen molar-refractivity contribution in [3.8, 4) is 0 Å². The summed E-state index contributed by atoms with van der Waals surface area (Å²) in [6.07, 6.45) is 0.445. The van der Waals surface area contributed by atoms with Crippen LogP contribution in [0.1, 0.15) is 39.2 Å². The van der Waals surface area contributed by atoms with E-state index in [0.29, 0.717) is 32.7 Å². The molecule has 1 N–H and O–H groups in total. The van der Waals surface area contributed by atoms with Gasteiger partial charge in [-0.3, -0.25) is 0 Å². The summed E-state index contributed by atoms with van der Waals surface area (Å²) in [5, 5.41) is 9.43. The van der Waals surface area contributed by atoms with Crippen LogP contribution in [-0.4, -0.2) is 42.6 Å². The number of aliphatic hydroxyl groups excluding tert-OH is 1. The third-order valence-electron chi connectivity index (χ3n) is 3.63. The standard InChI is InChI=1S/C18H28O5/c1-14(19)9-10-16-17(23-18(2,3)22-16)21-12-11-20-13-15-7-5-4-6-8-15/h4-8,14,16-17,19H,9-13H2,1-3H3/t14?,16-,17-/m1/s1. The Hall–Kier alpha value is -0.980. The highest BCUT2D eigenvalue weighted by atomic mass is 16.8. The van der Waals surface area contributed by atoms with Gasteiger partial charge in [0.25, 0.3) is 0 Å². The molecule has 1 aliphatic heterocycles. The second-order valence-electron chi connectivity index (χ2n) is 6.38. The molecule has 0 bridgehead atoms. The highest BCUT2D eigenvalue weighted by Crippen LogP contribution is 2.31. The van der Waals surface area contributed by atoms with Crippen molar-refractivity contribution in [3.05, 3.63) is 35.9 Å². The van der Waals surface area contributed by atoms with Gasteiger partial charge in [-0.2, -0.15) is 0 Å². The minimum atomic E-state index is -0.654. The molecular formula is C18H28O5. The first-order valence-corrected chi connectivity index (χ1v) is 8.23. The Labute approximate surface area is 138 Å². The fraction of sp³-hybridized carbons (Fsp3) is 0.667. The van der Waals surface area contributed by atoms with Crippen LogP contribution in [0, 0.1) is 0 Å². The van der Waals surface area contributed by atoms with E-state index in [0.717, 1.165) is 5.56 Å². The summed E-state index contributed by atoms with van der Waals surface area (Å²) in [6, 6.07) is 10.0. The molecule has 0 radical (unpaired) electrons. The molecule has 1 saturated heterocycles. The van der Waals surface area contributed by atoms with E-state index in [4.69, 9.17) is 18.9 Å². The maximum Gasteiger partial charge on any atom is 0.187 e. The quantitative estimate of drug-likeness (QED) is 0.708. The number of aliphatic hydroxyl groups is 1. The van der Waals surface area contributed by atoms with Gasteiger partial charge >= 0.3 is 0 Å². The maximum absolute atomic E-state index is 9.43. The summed E-state index contributed by atoms with van der Waals surface area (Å²) in [6.45, 7) is 7.03. The lowest BCUT2D eigenvalue weighted by Gasteiger charge is -2.18. The van der Waals surface area contributed by atoms with Crippen molar-refractivity contribution in [2.75, 3.05) is 13.2 Å². The second-order valence-corrected chi connectivity index (χ2v) is 6.38. The largest absolute Gasteiger partial charge is 0.393 e. The molecule has 0 saturated carbocycles. The van der Waals surface area contributed by atoms with Crippen LogP contribution in [0.25, 0.3) is 0 Å². The van der Waals surface area contributed by atoms with Gasteiger partial charge in [-0.05, 0) is 39.2 Å². The minimum Gasteiger partial charge on any atom is -0.393 e. The molecule has 130 valence electrons. The monoisotopic (exact) mass is 324 g/mol. The van der Waals surface area contributed by atoms with Gasteiger partial charge in [-0.25, -0.2) is 0 Å². The Morgan fingerprint density at radius 3 is 2.61 bits per heavy atom. The topological polar surface area (TPSA) is 57.2 Å². The minimum absolute atomic E-state index is 0.159. The average Bonchev–Trinajstić information content (AvgIpc) is 2.80. The van der Waals surface area contributed by atoms with Crippen LogP contribution in [0.3, 0.4) is 0 Å². The SMILES string of the molecule is CC(O)CC[C@H]1OC(C)(C)O[C@H]1OCCOCc1ccccc1. The van der Waals surface area contributed by atoms with Gasteiger partial charge in [0, 0.05) is 0 Å². The second kappa shape index (κ2) is 8.76. The zero-order valence-electron chi connectivity index (χ0n) is 14.2. The molecule has 5 heteroatoms. The van der Waals surface area contributed by atoms with Crippen molar-refractivity contribution in [1.29, 1.82) is 0 Å². The fourth-order valence-corrected chi connectivity index (χ4v) is 2.53. The first kappa shape index (κ1) is 18.4. The van der Waals surface area contributed by atoms with Crippen LogP contribution in [0.5, 0.6) is 0 Å². The van der Waals surface area contributed by atoms with E-state index < -0.39 is 12.1 Å². The predicted octanol–water partition coefficient (Wildman–Crippen LogP) is 2.86. The summed E-state index contributed by atoms with van der Waals surface area (Å²) >= 11 is 0. The smallest absolute Gasteiger partial charge is 0.187 e.